The van der Waals surface area contributed by atoms with E-state index in [9.17, 15) is 0 Å². The molecule has 4 aliphatic rings. The van der Waals surface area contributed by atoms with E-state index in [1.165, 1.54) is 22.3 Å². The van der Waals surface area contributed by atoms with Crippen LogP contribution in [0.25, 0.3) is 17.1 Å². The van der Waals surface area contributed by atoms with E-state index in [-0.39, 0.29) is 0 Å². The molecule has 4 aliphatic carbocycles. The maximum Gasteiger partial charge on any atom is 0.200 e. The minimum absolute atomic E-state index is 0.579. The van der Waals surface area contributed by atoms with Crippen molar-refractivity contribution in [3.63, 3.8) is 0 Å². The van der Waals surface area contributed by atoms with Crippen molar-refractivity contribution >= 4 is 12.2 Å². The van der Waals surface area contributed by atoms with Crippen LogP contribution >= 0.6 is 12.2 Å². The molecule has 0 atom stereocenters. The summed E-state index contributed by atoms with van der Waals surface area (Å²) in [7, 11) is 0. The molecule has 138 valence electrons. The maximum absolute atomic E-state index is 5.53. The fraction of sp³-hybridized carbons (Fsp3) is 0.174. The molecule has 0 spiro atoms. The number of benzene rings is 2. The van der Waals surface area contributed by atoms with Gasteiger partial charge in [-0.05, 0) is 78.4 Å². The predicted octanol–water partition coefficient (Wildman–Crippen LogP) is 4.88. The summed E-state index contributed by atoms with van der Waals surface area (Å²) in [6.07, 6.45) is 7.59. The zero-order chi connectivity index (χ0) is 18.9. The predicted molar refractivity (Wildman–Crippen MR) is 113 cm³/mol. The van der Waals surface area contributed by atoms with Crippen LogP contribution in [0, 0.1) is 4.77 Å². The Kier molecular flexibility index (Phi) is 4.37. The molecule has 0 saturated heterocycles. The summed E-state index contributed by atoms with van der Waals surface area (Å²) in [5.74, 6) is 0.848. The van der Waals surface area contributed by atoms with Gasteiger partial charge in [-0.25, -0.2) is 0 Å². The third-order valence-corrected chi connectivity index (χ3v) is 5.67. The molecule has 0 saturated carbocycles. The number of aromatic nitrogens is 4. The number of nitrogens with one attached hydrogen (secondary N) is 1. The van der Waals surface area contributed by atoms with Crippen molar-refractivity contribution in [3.8, 4) is 17.1 Å². The number of rotatable bonds is 2. The first kappa shape index (κ1) is 17.1. The number of aromatic amines is 1. The number of nitrogens with zero attached hydrogens (tertiary/aromatic N) is 3. The first-order valence-corrected chi connectivity index (χ1v) is 9.96. The lowest BCUT2D eigenvalue weighted by molar-refractivity contribution is 0.917. The highest BCUT2D eigenvalue weighted by atomic mass is 32.1. The average Bonchev–Trinajstić information content (AvgIpc) is 3.12. The summed E-state index contributed by atoms with van der Waals surface area (Å²) in [5, 5.41) is 7.57. The van der Waals surface area contributed by atoms with Gasteiger partial charge in [0.1, 0.15) is 0 Å². The number of aryl methyl sites for hydroxylation is 4. The van der Waals surface area contributed by atoms with Gasteiger partial charge in [-0.2, -0.15) is 5.10 Å². The highest BCUT2D eigenvalue weighted by Crippen LogP contribution is 2.28. The highest BCUT2D eigenvalue weighted by Gasteiger charge is 2.16. The lowest BCUT2D eigenvalue weighted by Crippen LogP contribution is -2.04. The van der Waals surface area contributed by atoms with E-state index in [0.29, 0.717) is 4.77 Å². The molecule has 0 radical (unpaired) electrons. The molecule has 2 aromatic heterocycles. The van der Waals surface area contributed by atoms with Gasteiger partial charge in [-0.15, -0.1) is 0 Å². The summed E-state index contributed by atoms with van der Waals surface area (Å²) >= 11 is 5.53. The van der Waals surface area contributed by atoms with E-state index in [1.807, 2.05) is 22.9 Å². The molecule has 2 heterocycles. The summed E-state index contributed by atoms with van der Waals surface area (Å²) in [4.78, 5) is 4.25. The summed E-state index contributed by atoms with van der Waals surface area (Å²) in [6.45, 7) is 0. The molecule has 4 nitrogen and oxygen atoms in total. The van der Waals surface area contributed by atoms with Crippen LogP contribution in [0.4, 0.5) is 0 Å². The van der Waals surface area contributed by atoms with Crippen LogP contribution in [0.5, 0.6) is 0 Å². The molecule has 2 aromatic carbocycles. The lowest BCUT2D eigenvalue weighted by atomic mass is 9.93. The quantitative estimate of drug-likeness (QED) is 0.501. The Labute approximate surface area is 168 Å². The first-order valence-electron chi connectivity index (χ1n) is 9.56. The van der Waals surface area contributed by atoms with Gasteiger partial charge >= 0.3 is 0 Å². The minimum atomic E-state index is 0.579. The Hall–Kier alpha value is -3.05. The molecule has 5 heteroatoms. The Morgan fingerprint density at radius 2 is 1.57 bits per heavy atom. The van der Waals surface area contributed by atoms with Gasteiger partial charge in [-0.3, -0.25) is 14.6 Å². The topological polar surface area (TPSA) is 46.5 Å². The number of hydrogen-bond donors (Lipinski definition) is 1. The normalized spacial score (nSPS) is 13.3. The second kappa shape index (κ2) is 7.17. The van der Waals surface area contributed by atoms with Crippen molar-refractivity contribution in [3.05, 3.63) is 94.0 Å². The van der Waals surface area contributed by atoms with E-state index in [0.717, 1.165) is 42.8 Å². The van der Waals surface area contributed by atoms with E-state index in [4.69, 9.17) is 12.2 Å². The fourth-order valence-electron chi connectivity index (χ4n) is 3.85. The molecular weight excluding hydrogens is 364 g/mol. The van der Waals surface area contributed by atoms with E-state index in [2.05, 4.69) is 57.6 Å². The third-order valence-electron chi connectivity index (χ3n) is 5.40. The van der Waals surface area contributed by atoms with Crippen LogP contribution in [-0.2, 0) is 25.7 Å². The largest absolute Gasteiger partial charge is 0.267 e. The van der Waals surface area contributed by atoms with Crippen LogP contribution in [0.2, 0.25) is 0 Å². The molecule has 1 N–H and O–H groups in total. The van der Waals surface area contributed by atoms with Crippen molar-refractivity contribution in [2.24, 2.45) is 0 Å². The summed E-state index contributed by atoms with van der Waals surface area (Å²) < 4.78 is 2.56. The van der Waals surface area contributed by atoms with Gasteiger partial charge in [0, 0.05) is 11.8 Å². The monoisotopic (exact) mass is 384 g/mol. The van der Waals surface area contributed by atoms with E-state index >= 15 is 0 Å². The van der Waals surface area contributed by atoms with Crippen molar-refractivity contribution in [2.75, 3.05) is 0 Å². The maximum atomic E-state index is 5.53. The third kappa shape index (κ3) is 3.18. The summed E-state index contributed by atoms with van der Waals surface area (Å²) in [6, 6.07) is 19.7. The molecule has 28 heavy (non-hydrogen) atoms. The zero-order valence-corrected chi connectivity index (χ0v) is 16.2. The lowest BCUT2D eigenvalue weighted by Gasteiger charge is -2.15. The highest BCUT2D eigenvalue weighted by molar-refractivity contribution is 7.71. The van der Waals surface area contributed by atoms with Gasteiger partial charge in [-0.1, -0.05) is 36.4 Å². The molecule has 0 fully saturated rings. The molecule has 4 aromatic rings. The smallest absolute Gasteiger partial charge is 0.200 e. The van der Waals surface area contributed by atoms with Crippen LogP contribution in [0.15, 0.2) is 67.0 Å². The van der Waals surface area contributed by atoms with Gasteiger partial charge in [0.15, 0.2) is 10.6 Å². The first-order chi connectivity index (χ1) is 13.8. The Morgan fingerprint density at radius 1 is 0.857 bits per heavy atom. The van der Waals surface area contributed by atoms with Gasteiger partial charge in [0.05, 0.1) is 11.9 Å². The van der Waals surface area contributed by atoms with Crippen LogP contribution in [0.1, 0.15) is 22.3 Å². The van der Waals surface area contributed by atoms with Crippen molar-refractivity contribution < 1.29 is 0 Å². The van der Waals surface area contributed by atoms with Gasteiger partial charge in [0.2, 0.25) is 0 Å². The Morgan fingerprint density at radius 3 is 2.32 bits per heavy atom. The Balaban J connectivity index is 1.65. The SMILES string of the molecule is S=c1[nH]nc(-c2cc3ccc2CCc2ccc(cc2)CC3)n1-c1cccnc1. The molecule has 0 amide bonds. The van der Waals surface area contributed by atoms with Crippen LogP contribution in [0.3, 0.4) is 0 Å². The minimum Gasteiger partial charge on any atom is -0.267 e. The van der Waals surface area contributed by atoms with Crippen LogP contribution < -0.4 is 0 Å². The fourth-order valence-corrected chi connectivity index (χ4v) is 4.09. The van der Waals surface area contributed by atoms with E-state index < -0.39 is 0 Å². The van der Waals surface area contributed by atoms with Crippen molar-refractivity contribution in [2.45, 2.75) is 25.7 Å². The molecule has 0 aliphatic heterocycles. The molecule has 8 rings (SSSR count). The zero-order valence-electron chi connectivity index (χ0n) is 15.4. The molecular formula is C23H20N4S. The second-order valence-corrected chi connectivity index (χ2v) is 7.59. The van der Waals surface area contributed by atoms with E-state index in [1.54, 1.807) is 6.20 Å². The van der Waals surface area contributed by atoms with Gasteiger partial charge in [0.25, 0.3) is 0 Å². The van der Waals surface area contributed by atoms with Crippen LogP contribution in [-0.4, -0.2) is 19.7 Å². The van der Waals surface area contributed by atoms with Crippen molar-refractivity contribution in [1.82, 2.24) is 19.7 Å². The number of H-pyrrole nitrogens is 1. The number of pyridine rings is 1. The second-order valence-electron chi connectivity index (χ2n) is 7.21. The number of hydrogen-bond acceptors (Lipinski definition) is 3. The molecule has 4 bridgehead atoms. The van der Waals surface area contributed by atoms with Crippen molar-refractivity contribution in [1.29, 1.82) is 0 Å². The standard InChI is InChI=1S/C23H20N4S/c28-23-26-25-22(27(23)20-2-1-13-24-15-20)21-14-18-8-7-16-3-5-17(6-4-16)9-11-19(21)12-10-18/h1-6,10,12-15H,7-9,11H2,(H,26,28). The Bertz CT molecular complexity index is 1170. The molecule has 0 unspecified atom stereocenters. The summed E-state index contributed by atoms with van der Waals surface area (Å²) in [5.41, 5.74) is 7.41. The average molecular weight is 385 g/mol. The van der Waals surface area contributed by atoms with Gasteiger partial charge < -0.3 is 0 Å².